The number of halogens is 1. The first-order valence-corrected chi connectivity index (χ1v) is 22.4. The molecular weight excluding hydrogens is 664 g/mol. The Hall–Kier alpha value is -3.68. The van der Waals surface area contributed by atoms with E-state index in [1.165, 1.54) is 6.07 Å². The summed E-state index contributed by atoms with van der Waals surface area (Å²) in [7, 11) is -1.33. The molecule has 1 unspecified atom stereocenters. The summed E-state index contributed by atoms with van der Waals surface area (Å²) in [5, 5.41) is 21.6. The Kier molecular flexibility index (Phi) is 11.3. The molecule has 2 aliphatic rings. The molecule has 0 radical (unpaired) electrons. The van der Waals surface area contributed by atoms with E-state index in [0.717, 1.165) is 60.8 Å². The molecule has 1 aromatic carbocycles. The maximum atomic E-state index is 16.0. The maximum absolute atomic E-state index is 16.0. The fourth-order valence-electron chi connectivity index (χ4n) is 7.17. The summed E-state index contributed by atoms with van der Waals surface area (Å²) in [6, 6.07) is 8.04. The van der Waals surface area contributed by atoms with Gasteiger partial charge in [-0.1, -0.05) is 32.6 Å². The fraction of sp³-hybridized carbons (Fsp3) is 0.605. The molecule has 276 valence electrons. The average molecular weight is 719 g/mol. The van der Waals surface area contributed by atoms with E-state index in [9.17, 15) is 4.79 Å². The number of carbonyl (C=O) groups is 1. The third kappa shape index (κ3) is 8.52. The van der Waals surface area contributed by atoms with Gasteiger partial charge in [-0.25, -0.2) is 9.07 Å². The van der Waals surface area contributed by atoms with Gasteiger partial charge in [0.2, 0.25) is 5.91 Å². The van der Waals surface area contributed by atoms with Crippen LogP contribution in [0.25, 0.3) is 22.6 Å². The standard InChI is InChI=1S/C38H55FN8O3Si/c1-9-18-49-23-46-26(5)33(25(4)44-46)29-14-15-31(30(39)21-29)41-38(48)35(34(27-10-11-27)28-12-13-28)37-43-42-36(32-16-17-40-47(32)24(2)3)45(37)22-50-19-20-51(6,7)8/h14-17,21,24,27-28,34-35H,9-13,18-20,22-23H2,1-8H3,(H,41,48). The van der Waals surface area contributed by atoms with E-state index in [2.05, 4.69) is 55.9 Å². The van der Waals surface area contributed by atoms with E-state index in [1.807, 2.05) is 39.9 Å². The molecule has 1 amide bonds. The lowest BCUT2D eigenvalue weighted by atomic mass is 9.82. The molecule has 4 aromatic rings. The van der Waals surface area contributed by atoms with Gasteiger partial charge in [0.15, 0.2) is 5.82 Å². The summed E-state index contributed by atoms with van der Waals surface area (Å²) in [6.45, 7) is 18.9. The smallest absolute Gasteiger partial charge is 0.235 e. The molecular formula is C38H55FN8O3Si. The SMILES string of the molecule is CCCOCn1nc(C)c(-c2ccc(NC(=O)C(c3nnc(-c4ccnn4C(C)C)n3COCC[Si](C)(C)C)C(C3CC3)C3CC3)c(F)c2)c1C. The van der Waals surface area contributed by atoms with Gasteiger partial charge in [0, 0.05) is 44.8 Å². The van der Waals surface area contributed by atoms with Crippen LogP contribution in [0.15, 0.2) is 30.5 Å². The topological polar surface area (TPSA) is 114 Å². The van der Waals surface area contributed by atoms with Crippen molar-refractivity contribution in [1.82, 2.24) is 34.3 Å². The van der Waals surface area contributed by atoms with E-state index in [4.69, 9.17) is 19.7 Å². The lowest BCUT2D eigenvalue weighted by Crippen LogP contribution is -2.33. The number of nitrogens with zero attached hydrogens (tertiary/aromatic N) is 7. The van der Waals surface area contributed by atoms with Gasteiger partial charge in [0.1, 0.15) is 36.7 Å². The van der Waals surface area contributed by atoms with Crippen LogP contribution in [-0.2, 0) is 27.7 Å². The highest BCUT2D eigenvalue weighted by Crippen LogP contribution is 2.55. The molecule has 1 atom stereocenters. The minimum absolute atomic E-state index is 0.0891. The molecule has 0 bridgehead atoms. The predicted octanol–water partition coefficient (Wildman–Crippen LogP) is 8.20. The van der Waals surface area contributed by atoms with E-state index < -0.39 is 19.8 Å². The van der Waals surface area contributed by atoms with Gasteiger partial charge in [-0.05, 0) is 107 Å². The first-order chi connectivity index (χ1) is 24.4. The highest BCUT2D eigenvalue weighted by atomic mass is 28.3. The summed E-state index contributed by atoms with van der Waals surface area (Å²) < 4.78 is 33.7. The Bertz CT molecular complexity index is 1810. The maximum Gasteiger partial charge on any atom is 0.235 e. The summed E-state index contributed by atoms with van der Waals surface area (Å²) in [5.41, 5.74) is 4.22. The molecule has 0 aliphatic heterocycles. The first-order valence-electron chi connectivity index (χ1n) is 18.6. The van der Waals surface area contributed by atoms with Gasteiger partial charge in [0.25, 0.3) is 0 Å². The van der Waals surface area contributed by atoms with Crippen molar-refractivity contribution in [2.45, 2.75) is 118 Å². The third-order valence-electron chi connectivity index (χ3n) is 10.1. The van der Waals surface area contributed by atoms with Crippen molar-refractivity contribution in [3.05, 3.63) is 53.5 Å². The van der Waals surface area contributed by atoms with Crippen LogP contribution in [-0.4, -0.2) is 61.5 Å². The van der Waals surface area contributed by atoms with Crippen molar-refractivity contribution >= 4 is 19.7 Å². The van der Waals surface area contributed by atoms with Gasteiger partial charge in [-0.3, -0.25) is 14.0 Å². The molecule has 51 heavy (non-hydrogen) atoms. The number of ether oxygens (including phenoxy) is 2. The number of hydrogen-bond donors (Lipinski definition) is 1. The lowest BCUT2D eigenvalue weighted by Gasteiger charge is -2.27. The van der Waals surface area contributed by atoms with Crippen molar-refractivity contribution in [3.63, 3.8) is 0 Å². The Morgan fingerprint density at radius 2 is 1.73 bits per heavy atom. The fourth-order valence-corrected chi connectivity index (χ4v) is 7.93. The second-order valence-electron chi connectivity index (χ2n) is 15.9. The molecule has 0 spiro atoms. The van der Waals surface area contributed by atoms with E-state index >= 15 is 4.39 Å². The molecule has 2 aliphatic carbocycles. The molecule has 6 rings (SSSR count). The minimum atomic E-state index is -1.33. The van der Waals surface area contributed by atoms with Crippen molar-refractivity contribution < 1.29 is 18.7 Å². The Morgan fingerprint density at radius 3 is 2.35 bits per heavy atom. The molecule has 0 saturated heterocycles. The van der Waals surface area contributed by atoms with Crippen molar-refractivity contribution in [1.29, 1.82) is 0 Å². The largest absolute Gasteiger partial charge is 0.361 e. The summed E-state index contributed by atoms with van der Waals surface area (Å²) in [6.07, 6.45) is 7.01. The first kappa shape index (κ1) is 37.1. The normalized spacial score (nSPS) is 15.7. The number of aromatic nitrogens is 7. The molecule has 2 fully saturated rings. The average Bonchev–Trinajstić information content (AvgIpc) is 3.98. The molecule has 11 nitrogen and oxygen atoms in total. The Morgan fingerprint density at radius 1 is 1.02 bits per heavy atom. The zero-order chi connectivity index (χ0) is 36.4. The number of benzene rings is 1. The molecule has 3 aromatic heterocycles. The summed E-state index contributed by atoms with van der Waals surface area (Å²) in [5.74, 6) is 0.738. The summed E-state index contributed by atoms with van der Waals surface area (Å²) >= 11 is 0. The van der Waals surface area contributed by atoms with Crippen molar-refractivity contribution in [3.8, 4) is 22.6 Å². The predicted molar refractivity (Wildman–Crippen MR) is 199 cm³/mol. The molecule has 13 heteroatoms. The number of hydrogen-bond acceptors (Lipinski definition) is 7. The van der Waals surface area contributed by atoms with Crippen LogP contribution in [0.2, 0.25) is 25.7 Å². The van der Waals surface area contributed by atoms with Crippen molar-refractivity contribution in [2.24, 2.45) is 17.8 Å². The zero-order valence-electron chi connectivity index (χ0n) is 31.6. The second kappa shape index (κ2) is 15.5. The van der Waals surface area contributed by atoms with Crippen LogP contribution < -0.4 is 5.32 Å². The van der Waals surface area contributed by atoms with Crippen molar-refractivity contribution in [2.75, 3.05) is 18.5 Å². The van der Waals surface area contributed by atoms with E-state index in [0.29, 0.717) is 49.0 Å². The van der Waals surface area contributed by atoms with Crippen LogP contribution in [0, 0.1) is 37.4 Å². The highest BCUT2D eigenvalue weighted by molar-refractivity contribution is 6.76. The minimum Gasteiger partial charge on any atom is -0.361 e. The van der Waals surface area contributed by atoms with Crippen LogP contribution in [0.5, 0.6) is 0 Å². The Balaban J connectivity index is 1.33. The monoisotopic (exact) mass is 718 g/mol. The van der Waals surface area contributed by atoms with E-state index in [-0.39, 0.29) is 30.3 Å². The third-order valence-corrected chi connectivity index (χ3v) is 11.8. The van der Waals surface area contributed by atoms with E-state index in [1.54, 1.807) is 12.3 Å². The summed E-state index contributed by atoms with van der Waals surface area (Å²) in [4.78, 5) is 14.6. The van der Waals surface area contributed by atoms with Gasteiger partial charge in [-0.2, -0.15) is 10.2 Å². The quantitative estimate of drug-likeness (QED) is 0.0815. The number of carbonyl (C=O) groups excluding carboxylic acids is 1. The molecule has 3 heterocycles. The van der Waals surface area contributed by atoms with Gasteiger partial charge < -0.3 is 14.8 Å². The van der Waals surface area contributed by atoms with Crippen LogP contribution >= 0.6 is 0 Å². The number of aryl methyl sites for hydroxylation is 1. The van der Waals surface area contributed by atoms with Crippen LogP contribution in [0.3, 0.4) is 0 Å². The molecule has 2 saturated carbocycles. The Labute approximate surface area is 302 Å². The molecule has 1 N–H and O–H groups in total. The lowest BCUT2D eigenvalue weighted by molar-refractivity contribution is -0.119. The van der Waals surface area contributed by atoms with Crippen LogP contribution in [0.4, 0.5) is 10.1 Å². The highest BCUT2D eigenvalue weighted by Gasteiger charge is 2.50. The van der Waals surface area contributed by atoms with Gasteiger partial charge in [-0.15, -0.1) is 10.2 Å². The number of nitrogens with one attached hydrogen (secondary N) is 1. The zero-order valence-corrected chi connectivity index (χ0v) is 32.6. The number of amides is 1. The van der Waals surface area contributed by atoms with Gasteiger partial charge in [0.05, 0.1) is 11.4 Å². The second-order valence-corrected chi connectivity index (χ2v) is 21.5. The van der Waals surface area contributed by atoms with Gasteiger partial charge >= 0.3 is 0 Å². The van der Waals surface area contributed by atoms with Crippen LogP contribution in [0.1, 0.15) is 82.0 Å². The number of anilines is 1. The number of rotatable bonds is 18.